The van der Waals surface area contributed by atoms with Crippen molar-refractivity contribution in [1.29, 1.82) is 0 Å². The summed E-state index contributed by atoms with van der Waals surface area (Å²) in [6.45, 7) is 1.74. The first-order valence-corrected chi connectivity index (χ1v) is 6.31. The first-order valence-electron chi connectivity index (χ1n) is 5.11. The molecule has 3 nitrogen and oxygen atoms in total. The maximum Gasteiger partial charge on any atom is 0.234 e. The zero-order valence-corrected chi connectivity index (χ0v) is 11.9. The number of halogens is 3. The molecule has 18 heavy (non-hydrogen) atoms. The van der Waals surface area contributed by atoms with Crippen molar-refractivity contribution in [2.24, 2.45) is 11.7 Å². The molecule has 0 radical (unpaired) electrons. The molecule has 1 atom stereocenters. The number of nitrogens with two attached hydrogens (primary N) is 1. The van der Waals surface area contributed by atoms with E-state index in [1.54, 1.807) is 6.92 Å². The van der Waals surface area contributed by atoms with Crippen molar-refractivity contribution < 1.29 is 13.6 Å². The SMILES string of the molecule is CCC(C(=O)Nc1c(F)cc(F)cc1Br)C(N)=S. The Hall–Kier alpha value is -1.08. The predicted octanol–water partition coefficient (Wildman–Crippen LogP) is 2.98. The summed E-state index contributed by atoms with van der Waals surface area (Å²) in [5, 5.41) is 2.34. The maximum atomic E-state index is 13.5. The largest absolute Gasteiger partial charge is 0.393 e. The highest BCUT2D eigenvalue weighted by Gasteiger charge is 2.21. The summed E-state index contributed by atoms with van der Waals surface area (Å²) in [4.78, 5) is 11.9. The number of carbonyl (C=O) groups excluding carboxylic acids is 1. The minimum absolute atomic E-state index is 0.0358. The lowest BCUT2D eigenvalue weighted by molar-refractivity contribution is -0.118. The lowest BCUT2D eigenvalue weighted by atomic mass is 10.1. The van der Waals surface area contributed by atoms with E-state index in [1.807, 2.05) is 0 Å². The van der Waals surface area contributed by atoms with Crippen LogP contribution in [0.3, 0.4) is 0 Å². The Labute approximate surface area is 117 Å². The molecule has 1 aromatic rings. The van der Waals surface area contributed by atoms with Crippen molar-refractivity contribution in [2.75, 3.05) is 5.32 Å². The van der Waals surface area contributed by atoms with Crippen LogP contribution in [0.15, 0.2) is 16.6 Å². The summed E-state index contributed by atoms with van der Waals surface area (Å²) >= 11 is 7.72. The van der Waals surface area contributed by atoms with Crippen molar-refractivity contribution in [3.8, 4) is 0 Å². The number of hydrogen-bond acceptors (Lipinski definition) is 2. The number of benzene rings is 1. The van der Waals surface area contributed by atoms with Crippen molar-refractivity contribution in [1.82, 2.24) is 0 Å². The molecule has 0 bridgehead atoms. The average molecular weight is 337 g/mol. The molecule has 0 saturated carbocycles. The molecule has 0 heterocycles. The number of rotatable bonds is 4. The fourth-order valence-electron chi connectivity index (χ4n) is 1.39. The standard InChI is InChI=1S/C11H11BrF2N2OS/c1-2-6(10(15)18)11(17)16-9-7(12)3-5(13)4-8(9)14/h3-4,6H,2H2,1H3,(H2,15,18)(H,16,17). The van der Waals surface area contributed by atoms with Gasteiger partial charge in [0, 0.05) is 10.5 Å². The molecule has 98 valence electrons. The molecular weight excluding hydrogens is 326 g/mol. The van der Waals surface area contributed by atoms with Crippen LogP contribution in [-0.2, 0) is 4.79 Å². The molecular formula is C11H11BrF2N2OS. The van der Waals surface area contributed by atoms with Crippen LogP contribution >= 0.6 is 28.1 Å². The Morgan fingerprint density at radius 1 is 1.56 bits per heavy atom. The Morgan fingerprint density at radius 3 is 2.61 bits per heavy atom. The van der Waals surface area contributed by atoms with Crippen LogP contribution < -0.4 is 11.1 Å². The van der Waals surface area contributed by atoms with Gasteiger partial charge in [-0.1, -0.05) is 19.1 Å². The van der Waals surface area contributed by atoms with E-state index in [2.05, 4.69) is 21.2 Å². The minimum atomic E-state index is -0.868. The first-order chi connectivity index (χ1) is 8.36. The number of hydrogen-bond donors (Lipinski definition) is 2. The fraction of sp³-hybridized carbons (Fsp3) is 0.273. The van der Waals surface area contributed by atoms with Crippen LogP contribution in [0.4, 0.5) is 14.5 Å². The van der Waals surface area contributed by atoms with Gasteiger partial charge in [0.1, 0.15) is 5.82 Å². The van der Waals surface area contributed by atoms with Gasteiger partial charge >= 0.3 is 0 Å². The Morgan fingerprint density at radius 2 is 2.17 bits per heavy atom. The van der Waals surface area contributed by atoms with Crippen LogP contribution in [0.2, 0.25) is 0 Å². The van der Waals surface area contributed by atoms with E-state index in [0.717, 1.165) is 6.07 Å². The van der Waals surface area contributed by atoms with Gasteiger partial charge in [0.25, 0.3) is 0 Å². The number of carbonyl (C=O) groups is 1. The summed E-state index contributed by atoms with van der Waals surface area (Å²) in [6, 6.07) is 1.74. The van der Waals surface area contributed by atoms with E-state index >= 15 is 0 Å². The van der Waals surface area contributed by atoms with Gasteiger partial charge in [-0.05, 0) is 28.4 Å². The molecule has 3 N–H and O–H groups in total. The van der Waals surface area contributed by atoms with Crippen LogP contribution in [0.25, 0.3) is 0 Å². The number of anilines is 1. The van der Waals surface area contributed by atoms with Crippen molar-refractivity contribution in [3.05, 3.63) is 28.2 Å². The second kappa shape index (κ2) is 6.19. The summed E-state index contributed by atoms with van der Waals surface area (Å²) in [5.41, 5.74) is 5.28. The van der Waals surface area contributed by atoms with E-state index in [0.29, 0.717) is 12.5 Å². The van der Waals surface area contributed by atoms with Gasteiger partial charge in [0.15, 0.2) is 5.82 Å². The third-order valence-electron chi connectivity index (χ3n) is 2.32. The maximum absolute atomic E-state index is 13.5. The van der Waals surface area contributed by atoms with Gasteiger partial charge < -0.3 is 11.1 Å². The third-order valence-corrected chi connectivity index (χ3v) is 3.23. The molecule has 0 fully saturated rings. The summed E-state index contributed by atoms with van der Waals surface area (Å²) in [6.07, 6.45) is 0.404. The molecule has 0 aliphatic carbocycles. The number of nitrogens with one attached hydrogen (secondary N) is 1. The smallest absolute Gasteiger partial charge is 0.234 e. The number of amides is 1. The Balaban J connectivity index is 2.98. The van der Waals surface area contributed by atoms with E-state index in [-0.39, 0.29) is 15.1 Å². The molecule has 0 aromatic heterocycles. The van der Waals surface area contributed by atoms with Gasteiger partial charge in [-0.15, -0.1) is 0 Å². The predicted molar refractivity (Wildman–Crippen MR) is 73.3 cm³/mol. The molecule has 1 amide bonds. The van der Waals surface area contributed by atoms with Crippen LogP contribution in [-0.4, -0.2) is 10.9 Å². The van der Waals surface area contributed by atoms with Gasteiger partial charge in [-0.25, -0.2) is 8.78 Å². The Bertz CT molecular complexity index is 473. The van der Waals surface area contributed by atoms with Gasteiger partial charge in [0.2, 0.25) is 5.91 Å². The minimum Gasteiger partial charge on any atom is -0.393 e. The van der Waals surface area contributed by atoms with E-state index in [9.17, 15) is 13.6 Å². The summed E-state index contributed by atoms with van der Waals surface area (Å²) in [7, 11) is 0. The average Bonchev–Trinajstić information content (AvgIpc) is 2.23. The fourth-order valence-corrected chi connectivity index (χ4v) is 2.17. The molecule has 1 unspecified atom stereocenters. The van der Waals surface area contributed by atoms with Crippen molar-refractivity contribution >= 4 is 44.7 Å². The molecule has 1 rings (SSSR count). The Kier molecular flexibility index (Phi) is 5.15. The van der Waals surface area contributed by atoms with E-state index in [1.165, 1.54) is 0 Å². The van der Waals surface area contributed by atoms with Gasteiger partial charge in [0.05, 0.1) is 16.6 Å². The molecule has 0 spiro atoms. The van der Waals surface area contributed by atoms with E-state index < -0.39 is 23.5 Å². The van der Waals surface area contributed by atoms with Crippen molar-refractivity contribution in [3.63, 3.8) is 0 Å². The lowest BCUT2D eigenvalue weighted by Crippen LogP contribution is -2.33. The molecule has 0 aliphatic rings. The molecule has 0 saturated heterocycles. The molecule has 0 aliphatic heterocycles. The van der Waals surface area contributed by atoms with Crippen LogP contribution in [0, 0.1) is 17.6 Å². The third kappa shape index (κ3) is 3.46. The topological polar surface area (TPSA) is 55.1 Å². The summed E-state index contributed by atoms with van der Waals surface area (Å²) in [5.74, 6) is -2.81. The zero-order chi connectivity index (χ0) is 13.9. The first kappa shape index (κ1) is 15.0. The molecule has 7 heteroatoms. The monoisotopic (exact) mass is 336 g/mol. The normalized spacial score (nSPS) is 12.0. The highest BCUT2D eigenvalue weighted by molar-refractivity contribution is 9.10. The summed E-state index contributed by atoms with van der Waals surface area (Å²) < 4.78 is 26.5. The van der Waals surface area contributed by atoms with Crippen molar-refractivity contribution in [2.45, 2.75) is 13.3 Å². The van der Waals surface area contributed by atoms with E-state index in [4.69, 9.17) is 18.0 Å². The second-order valence-electron chi connectivity index (χ2n) is 3.60. The highest BCUT2D eigenvalue weighted by Crippen LogP contribution is 2.27. The second-order valence-corrected chi connectivity index (χ2v) is 4.92. The van der Waals surface area contributed by atoms with Gasteiger partial charge in [-0.2, -0.15) is 0 Å². The quantitative estimate of drug-likeness (QED) is 0.831. The van der Waals surface area contributed by atoms with Crippen LogP contribution in [0.1, 0.15) is 13.3 Å². The zero-order valence-electron chi connectivity index (χ0n) is 9.47. The number of thiocarbonyl (C=S) groups is 1. The lowest BCUT2D eigenvalue weighted by Gasteiger charge is -2.14. The van der Waals surface area contributed by atoms with Gasteiger partial charge in [-0.3, -0.25) is 4.79 Å². The van der Waals surface area contributed by atoms with Crippen LogP contribution in [0.5, 0.6) is 0 Å². The highest BCUT2D eigenvalue weighted by atomic mass is 79.9. The molecule has 1 aromatic carbocycles.